The predicted molar refractivity (Wildman–Crippen MR) is 126 cm³/mol. The topological polar surface area (TPSA) is 87.6 Å². The minimum atomic E-state index is -0.608. The third-order valence-corrected chi connectivity index (χ3v) is 6.14. The summed E-state index contributed by atoms with van der Waals surface area (Å²) in [6.45, 7) is 0.522. The summed E-state index contributed by atoms with van der Waals surface area (Å²) in [7, 11) is 3.38. The first-order valence-electron chi connectivity index (χ1n) is 11.2. The van der Waals surface area contributed by atoms with Crippen LogP contribution in [0.15, 0.2) is 67.1 Å². The number of hydrogen-bond acceptors (Lipinski definition) is 6. The first-order valence-corrected chi connectivity index (χ1v) is 11.2. The summed E-state index contributed by atoms with van der Waals surface area (Å²) in [5.41, 5.74) is 3.62. The van der Waals surface area contributed by atoms with Gasteiger partial charge in [-0.1, -0.05) is 18.2 Å². The Kier molecular flexibility index (Phi) is 7.32. The number of nitrogens with zero attached hydrogens (tertiary/aromatic N) is 3. The number of pyridine rings is 2. The van der Waals surface area contributed by atoms with Gasteiger partial charge in [0, 0.05) is 61.5 Å². The zero-order chi connectivity index (χ0) is 23.2. The fourth-order valence-electron chi connectivity index (χ4n) is 4.31. The highest BCUT2D eigenvalue weighted by molar-refractivity contribution is 5.94. The molecule has 1 aromatic carbocycles. The maximum Gasteiger partial charge on any atom is 0.253 e. The molecule has 1 saturated heterocycles. The van der Waals surface area contributed by atoms with Crippen LogP contribution in [0.3, 0.4) is 0 Å². The van der Waals surface area contributed by atoms with E-state index in [-0.39, 0.29) is 18.0 Å². The van der Waals surface area contributed by atoms with Crippen LogP contribution in [-0.2, 0) is 13.0 Å². The molecule has 1 amide bonds. The van der Waals surface area contributed by atoms with E-state index in [2.05, 4.69) is 15.3 Å². The van der Waals surface area contributed by atoms with Crippen molar-refractivity contribution in [2.45, 2.75) is 44.0 Å². The molecule has 7 nitrogen and oxygen atoms in total. The molecule has 4 rings (SSSR count). The first-order chi connectivity index (χ1) is 16.0. The van der Waals surface area contributed by atoms with Crippen LogP contribution in [0.25, 0.3) is 0 Å². The summed E-state index contributed by atoms with van der Waals surface area (Å²) in [4.78, 5) is 22.7. The van der Waals surface area contributed by atoms with E-state index in [1.807, 2.05) is 42.5 Å². The molecule has 3 heterocycles. The second kappa shape index (κ2) is 10.6. The van der Waals surface area contributed by atoms with Crippen molar-refractivity contribution < 1.29 is 14.6 Å². The van der Waals surface area contributed by atoms with Crippen molar-refractivity contribution >= 4 is 5.91 Å². The molecule has 0 unspecified atom stereocenters. The molecule has 0 saturated carbocycles. The van der Waals surface area contributed by atoms with E-state index in [4.69, 9.17) is 4.74 Å². The molecular formula is C26H30N4O3. The lowest BCUT2D eigenvalue weighted by Crippen LogP contribution is -2.35. The Hall–Kier alpha value is -3.29. The second-order valence-electron chi connectivity index (χ2n) is 8.55. The van der Waals surface area contributed by atoms with Crippen LogP contribution in [0, 0.1) is 0 Å². The van der Waals surface area contributed by atoms with Crippen molar-refractivity contribution in [1.82, 2.24) is 20.2 Å². The first kappa shape index (κ1) is 22.9. The number of rotatable bonds is 8. The van der Waals surface area contributed by atoms with Crippen molar-refractivity contribution in [2.24, 2.45) is 0 Å². The zero-order valence-electron chi connectivity index (χ0n) is 19.0. The van der Waals surface area contributed by atoms with Crippen LogP contribution < -0.4 is 10.1 Å². The van der Waals surface area contributed by atoms with Crippen molar-refractivity contribution in [3.63, 3.8) is 0 Å². The summed E-state index contributed by atoms with van der Waals surface area (Å²) in [6, 6.07) is 15.5. The Morgan fingerprint density at radius 2 is 1.97 bits per heavy atom. The van der Waals surface area contributed by atoms with Crippen molar-refractivity contribution in [3.8, 4) is 5.88 Å². The van der Waals surface area contributed by atoms with Gasteiger partial charge in [-0.15, -0.1) is 0 Å². The van der Waals surface area contributed by atoms with Gasteiger partial charge in [0.15, 0.2) is 0 Å². The molecular weight excluding hydrogens is 416 g/mol. The Bertz CT molecular complexity index is 1040. The van der Waals surface area contributed by atoms with Crippen LogP contribution >= 0.6 is 0 Å². The van der Waals surface area contributed by atoms with Gasteiger partial charge in [-0.2, -0.15) is 0 Å². The Morgan fingerprint density at radius 3 is 2.64 bits per heavy atom. The number of aromatic nitrogens is 2. The van der Waals surface area contributed by atoms with Gasteiger partial charge in [0.25, 0.3) is 5.91 Å². The Balaban J connectivity index is 1.30. The van der Waals surface area contributed by atoms with Crippen molar-refractivity contribution in [1.29, 1.82) is 0 Å². The summed E-state index contributed by atoms with van der Waals surface area (Å²) >= 11 is 0. The van der Waals surface area contributed by atoms with Crippen molar-refractivity contribution in [3.05, 3.63) is 89.4 Å². The van der Waals surface area contributed by atoms with E-state index < -0.39 is 6.10 Å². The molecule has 0 aliphatic carbocycles. The molecule has 0 radical (unpaired) electrons. The summed E-state index contributed by atoms with van der Waals surface area (Å²) in [6.07, 6.45) is 7.29. The van der Waals surface area contributed by atoms with Gasteiger partial charge in [-0.05, 0) is 54.7 Å². The highest BCUT2D eigenvalue weighted by Crippen LogP contribution is 2.27. The molecule has 1 aliphatic heterocycles. The summed E-state index contributed by atoms with van der Waals surface area (Å²) < 4.78 is 5.09. The van der Waals surface area contributed by atoms with E-state index >= 15 is 0 Å². The molecule has 7 heteroatoms. The summed E-state index contributed by atoms with van der Waals surface area (Å²) in [5.74, 6) is 0.522. The number of aliphatic hydroxyl groups is 1. The van der Waals surface area contributed by atoms with Gasteiger partial charge in [-0.25, -0.2) is 4.98 Å². The largest absolute Gasteiger partial charge is 0.481 e. The molecule has 2 N–H and O–H groups in total. The molecule has 1 aliphatic rings. The quantitative estimate of drug-likeness (QED) is 0.553. The van der Waals surface area contributed by atoms with Gasteiger partial charge in [-0.3, -0.25) is 9.78 Å². The zero-order valence-corrected chi connectivity index (χ0v) is 19.0. The number of nitrogens with one attached hydrogen (secondary N) is 1. The fourth-order valence-corrected chi connectivity index (χ4v) is 4.31. The number of carbonyl (C=O) groups excluding carboxylic acids is 1. The summed E-state index contributed by atoms with van der Waals surface area (Å²) in [5, 5.41) is 14.3. The lowest BCUT2D eigenvalue weighted by atomic mass is 10.0. The maximum absolute atomic E-state index is 12.8. The van der Waals surface area contributed by atoms with Gasteiger partial charge in [0.05, 0.1) is 13.2 Å². The van der Waals surface area contributed by atoms with Crippen LogP contribution in [0.1, 0.15) is 46.0 Å². The molecule has 33 heavy (non-hydrogen) atoms. The number of aliphatic hydroxyl groups excluding tert-OH is 1. The lowest BCUT2D eigenvalue weighted by Gasteiger charge is -2.20. The smallest absolute Gasteiger partial charge is 0.253 e. The second-order valence-corrected chi connectivity index (χ2v) is 8.55. The number of methoxy groups -OCH3 is 1. The number of benzene rings is 1. The predicted octanol–water partition coefficient (Wildman–Crippen LogP) is 3.15. The monoisotopic (exact) mass is 446 g/mol. The van der Waals surface area contributed by atoms with Crippen LogP contribution in [0.5, 0.6) is 5.88 Å². The maximum atomic E-state index is 12.8. The van der Waals surface area contributed by atoms with E-state index in [1.165, 1.54) is 5.56 Å². The molecule has 0 bridgehead atoms. The van der Waals surface area contributed by atoms with Crippen LogP contribution in [0.2, 0.25) is 0 Å². The molecule has 2 aromatic heterocycles. The van der Waals surface area contributed by atoms with Crippen LogP contribution in [-0.4, -0.2) is 52.1 Å². The van der Waals surface area contributed by atoms with Gasteiger partial charge >= 0.3 is 0 Å². The Morgan fingerprint density at radius 1 is 1.15 bits per heavy atom. The minimum absolute atomic E-state index is 0.00725. The minimum Gasteiger partial charge on any atom is -0.481 e. The highest BCUT2D eigenvalue weighted by atomic mass is 16.5. The average molecular weight is 447 g/mol. The molecule has 3 atom stereocenters. The standard InChI is InChI=1S/C26H30N4O3/c1-30(17-19-4-3-13-27-15-19)26(32)20-7-5-18(6-8-20)14-22-10-11-23(29-22)25(31)21-9-12-24(33-2)28-16-21/h3-9,12-13,15-16,22-23,25,29,31H,10-11,14,17H2,1-2H3/t22-,23+,25+/m0/s1. The fraction of sp³-hybridized carbons (Fsp3) is 0.346. The SMILES string of the molecule is COc1ccc([C@@H](O)[C@H]2CC[C@@H](Cc3ccc(C(=O)N(C)Cc4cccnc4)cc3)N2)cn1. The third-order valence-electron chi connectivity index (χ3n) is 6.14. The average Bonchev–Trinajstić information content (AvgIpc) is 3.32. The molecule has 0 spiro atoms. The molecule has 1 fully saturated rings. The highest BCUT2D eigenvalue weighted by Gasteiger charge is 2.30. The van der Waals surface area contributed by atoms with Gasteiger partial charge in [0.1, 0.15) is 0 Å². The number of ether oxygens (including phenoxy) is 1. The van der Waals surface area contributed by atoms with Crippen LogP contribution in [0.4, 0.5) is 0 Å². The normalized spacial score (nSPS) is 18.6. The number of hydrogen-bond donors (Lipinski definition) is 2. The Labute approximate surface area is 194 Å². The molecule has 172 valence electrons. The van der Waals surface area contributed by atoms with E-state index in [9.17, 15) is 9.90 Å². The van der Waals surface area contributed by atoms with Crippen molar-refractivity contribution in [2.75, 3.05) is 14.2 Å². The third kappa shape index (κ3) is 5.74. The molecule has 3 aromatic rings. The van der Waals surface area contributed by atoms with E-state index in [1.54, 1.807) is 43.7 Å². The number of carbonyl (C=O) groups is 1. The van der Waals surface area contributed by atoms with Gasteiger partial charge < -0.3 is 20.1 Å². The lowest BCUT2D eigenvalue weighted by molar-refractivity contribution is 0.0785. The van der Waals surface area contributed by atoms with E-state index in [0.717, 1.165) is 30.4 Å². The van der Waals surface area contributed by atoms with Gasteiger partial charge in [0.2, 0.25) is 5.88 Å². The number of amides is 1. The van der Waals surface area contributed by atoms with E-state index in [0.29, 0.717) is 18.0 Å².